The minimum absolute atomic E-state index is 0.376. The summed E-state index contributed by atoms with van der Waals surface area (Å²) in [6.07, 6.45) is 4.10. The fourth-order valence-corrected chi connectivity index (χ4v) is 13.1. The molecule has 2 heterocycles. The van der Waals surface area contributed by atoms with Crippen LogP contribution in [0.25, 0.3) is 17.1 Å². The predicted octanol–water partition coefficient (Wildman–Crippen LogP) is 8.71. The van der Waals surface area contributed by atoms with Crippen molar-refractivity contribution in [2.75, 3.05) is 23.5 Å². The van der Waals surface area contributed by atoms with Crippen LogP contribution in [0.5, 0.6) is 0 Å². The zero-order chi connectivity index (χ0) is 35.8. The Hall–Kier alpha value is -5.65. The molecule has 0 spiro atoms. The number of aromatic nitrogens is 2. The first-order valence-corrected chi connectivity index (χ1v) is 20.4. The maximum atomic E-state index is 5.07. The van der Waals surface area contributed by atoms with Gasteiger partial charge in [0, 0.05) is 30.7 Å². The summed E-state index contributed by atoms with van der Waals surface area (Å²) < 4.78 is 2.33. The highest BCUT2D eigenvalue weighted by molar-refractivity contribution is 7.20. The van der Waals surface area contributed by atoms with Crippen molar-refractivity contribution in [2.45, 2.75) is 39.5 Å². The molecule has 258 valence electrons. The number of hydrogen-bond acceptors (Lipinski definition) is 3. The van der Waals surface area contributed by atoms with Crippen molar-refractivity contribution in [3.63, 3.8) is 0 Å². The van der Waals surface area contributed by atoms with Gasteiger partial charge in [0.1, 0.15) is 5.82 Å². The lowest BCUT2D eigenvalue weighted by Gasteiger charge is -2.35. The molecule has 0 saturated heterocycles. The lowest BCUT2D eigenvalue weighted by atomic mass is 9.92. The molecule has 0 aliphatic carbocycles. The van der Waals surface area contributed by atoms with Gasteiger partial charge in [0.15, 0.2) is 8.07 Å². The van der Waals surface area contributed by atoms with Crippen molar-refractivity contribution in [1.29, 1.82) is 0 Å². The SMILES string of the molecule is CC(C)c1cccc(C(C)C)c1-n1ccnc1-c1cccc([Si](c2ccccc2)(c2ccccc2)c2cccc(N3CN(C)c4ccccc43)c2)c1. The van der Waals surface area contributed by atoms with Crippen molar-refractivity contribution >= 4 is 45.9 Å². The minimum atomic E-state index is -2.87. The number of imidazole rings is 1. The smallest absolute Gasteiger partial charge is 0.179 e. The van der Waals surface area contributed by atoms with Crippen LogP contribution in [-0.4, -0.2) is 31.3 Å². The van der Waals surface area contributed by atoms with Crippen LogP contribution in [0.3, 0.4) is 0 Å². The molecule has 0 radical (unpaired) electrons. The Bertz CT molecular complexity index is 2260. The summed E-state index contributed by atoms with van der Waals surface area (Å²) in [5.41, 5.74) is 8.75. The fraction of sp³-hybridized carbons (Fsp3) is 0.170. The van der Waals surface area contributed by atoms with Crippen LogP contribution >= 0.6 is 0 Å². The van der Waals surface area contributed by atoms with E-state index in [0.717, 1.165) is 18.1 Å². The number of anilines is 3. The maximum absolute atomic E-state index is 5.07. The Balaban J connectivity index is 1.36. The number of nitrogens with zero attached hydrogens (tertiary/aromatic N) is 4. The van der Waals surface area contributed by atoms with Gasteiger partial charge in [-0.3, -0.25) is 4.57 Å². The quantitative estimate of drug-likeness (QED) is 0.112. The first-order chi connectivity index (χ1) is 25.4. The van der Waals surface area contributed by atoms with E-state index in [4.69, 9.17) is 4.98 Å². The van der Waals surface area contributed by atoms with Gasteiger partial charge in [0.25, 0.3) is 0 Å². The number of para-hydroxylation sites is 3. The first-order valence-electron chi connectivity index (χ1n) is 18.4. The molecule has 0 bridgehead atoms. The van der Waals surface area contributed by atoms with Gasteiger partial charge in [-0.1, -0.05) is 155 Å². The topological polar surface area (TPSA) is 24.3 Å². The van der Waals surface area contributed by atoms with Crippen molar-refractivity contribution in [3.05, 3.63) is 175 Å². The van der Waals surface area contributed by atoms with Crippen LogP contribution in [-0.2, 0) is 0 Å². The zero-order valence-electron chi connectivity index (χ0n) is 30.7. The lowest BCUT2D eigenvalue weighted by molar-refractivity contribution is 0.807. The number of hydrogen-bond donors (Lipinski definition) is 0. The van der Waals surface area contributed by atoms with Crippen molar-refractivity contribution in [3.8, 4) is 17.1 Å². The van der Waals surface area contributed by atoms with Crippen molar-refractivity contribution in [2.24, 2.45) is 0 Å². The third-order valence-corrected chi connectivity index (χ3v) is 15.5. The average Bonchev–Trinajstić information content (AvgIpc) is 3.81. The van der Waals surface area contributed by atoms with Gasteiger partial charge in [0.05, 0.1) is 23.7 Å². The molecule has 0 unspecified atom stereocenters. The van der Waals surface area contributed by atoms with Gasteiger partial charge in [-0.15, -0.1) is 0 Å². The van der Waals surface area contributed by atoms with E-state index in [2.05, 4.69) is 207 Å². The summed E-state index contributed by atoms with van der Waals surface area (Å²) in [4.78, 5) is 9.84. The van der Waals surface area contributed by atoms with E-state index in [9.17, 15) is 0 Å². The second kappa shape index (κ2) is 13.8. The summed E-state index contributed by atoms with van der Waals surface area (Å²) >= 11 is 0. The van der Waals surface area contributed by atoms with E-state index in [1.807, 2.05) is 6.20 Å². The molecule has 5 heteroatoms. The van der Waals surface area contributed by atoms with E-state index < -0.39 is 8.07 Å². The van der Waals surface area contributed by atoms with Crippen LogP contribution < -0.4 is 30.5 Å². The van der Waals surface area contributed by atoms with Crippen molar-refractivity contribution < 1.29 is 0 Å². The molecule has 8 rings (SSSR count). The largest absolute Gasteiger partial charge is 0.355 e. The molecule has 0 atom stereocenters. The molecule has 0 amide bonds. The molecule has 6 aromatic carbocycles. The molecule has 52 heavy (non-hydrogen) atoms. The summed E-state index contributed by atoms with van der Waals surface area (Å²) in [5.74, 6) is 1.72. The molecule has 0 N–H and O–H groups in total. The van der Waals surface area contributed by atoms with Crippen LogP contribution in [0.2, 0.25) is 0 Å². The minimum Gasteiger partial charge on any atom is -0.355 e. The summed E-state index contributed by atoms with van der Waals surface area (Å²) in [5, 5.41) is 5.38. The van der Waals surface area contributed by atoms with Gasteiger partial charge in [0.2, 0.25) is 0 Å². The molecule has 7 aromatic rings. The standard InChI is InChI=1S/C47H46N4Si/c1-34(2)42-25-16-26-43(35(3)4)46(42)50-30-29-48-47(50)36-17-14-23-40(31-36)52(38-19-8-6-9-20-38,39-21-10-7-11-22-39)41-24-15-18-37(32-41)51-33-49(5)44-27-12-13-28-45(44)51/h6-32,34-35H,33H2,1-5H3. The third-order valence-electron chi connectivity index (χ3n) is 10.7. The van der Waals surface area contributed by atoms with Gasteiger partial charge < -0.3 is 9.80 Å². The Labute approximate surface area is 309 Å². The molecular formula is C47H46N4Si. The lowest BCUT2D eigenvalue weighted by Crippen LogP contribution is -2.74. The average molecular weight is 695 g/mol. The number of benzene rings is 6. The Kier molecular flexibility index (Phi) is 8.90. The van der Waals surface area contributed by atoms with E-state index in [0.29, 0.717) is 11.8 Å². The normalized spacial score (nSPS) is 12.9. The Morgan fingerprint density at radius 3 is 1.73 bits per heavy atom. The second-order valence-corrected chi connectivity index (χ2v) is 18.4. The highest BCUT2D eigenvalue weighted by Crippen LogP contribution is 2.39. The van der Waals surface area contributed by atoms with Gasteiger partial charge in [-0.25, -0.2) is 4.98 Å². The molecule has 0 fully saturated rings. The fourth-order valence-electron chi connectivity index (χ4n) is 8.26. The highest BCUT2D eigenvalue weighted by Gasteiger charge is 2.42. The van der Waals surface area contributed by atoms with Gasteiger partial charge in [-0.2, -0.15) is 0 Å². The predicted molar refractivity (Wildman–Crippen MR) is 223 cm³/mol. The monoisotopic (exact) mass is 694 g/mol. The van der Waals surface area contributed by atoms with E-state index in [1.165, 1.54) is 54.6 Å². The Morgan fingerprint density at radius 2 is 1.10 bits per heavy atom. The molecule has 1 aliphatic rings. The van der Waals surface area contributed by atoms with E-state index >= 15 is 0 Å². The van der Waals surface area contributed by atoms with Gasteiger partial charge >= 0.3 is 0 Å². The van der Waals surface area contributed by atoms with Crippen LogP contribution in [0.1, 0.15) is 50.7 Å². The van der Waals surface area contributed by atoms with Crippen LogP contribution in [0.4, 0.5) is 17.1 Å². The van der Waals surface area contributed by atoms with E-state index in [-0.39, 0.29) is 0 Å². The van der Waals surface area contributed by atoms with Crippen LogP contribution in [0, 0.1) is 0 Å². The summed E-state index contributed by atoms with van der Waals surface area (Å²) in [6.45, 7) is 9.95. The second-order valence-electron chi connectivity index (χ2n) is 14.6. The number of rotatable bonds is 9. The summed E-state index contributed by atoms with van der Waals surface area (Å²) in [7, 11) is -0.691. The summed E-state index contributed by atoms with van der Waals surface area (Å²) in [6, 6.07) is 56.5. The van der Waals surface area contributed by atoms with Gasteiger partial charge in [-0.05, 0) is 68.0 Å². The molecule has 1 aromatic heterocycles. The first kappa shape index (κ1) is 33.5. The molecule has 4 nitrogen and oxygen atoms in total. The maximum Gasteiger partial charge on any atom is 0.179 e. The third kappa shape index (κ3) is 5.66. The van der Waals surface area contributed by atoms with Crippen LogP contribution in [0.15, 0.2) is 164 Å². The van der Waals surface area contributed by atoms with Crippen molar-refractivity contribution in [1.82, 2.24) is 9.55 Å². The van der Waals surface area contributed by atoms with E-state index in [1.54, 1.807) is 0 Å². The molecule has 1 aliphatic heterocycles. The Morgan fingerprint density at radius 1 is 0.558 bits per heavy atom. The number of fused-ring (bicyclic) bond motifs is 1. The zero-order valence-corrected chi connectivity index (χ0v) is 31.7. The highest BCUT2D eigenvalue weighted by atomic mass is 28.3. The molecule has 0 saturated carbocycles. The molecular weight excluding hydrogens is 649 g/mol.